The van der Waals surface area contributed by atoms with Gasteiger partial charge in [-0.3, -0.25) is 4.79 Å². The van der Waals surface area contributed by atoms with Crippen LogP contribution in [0.5, 0.6) is 11.5 Å². The Bertz CT molecular complexity index is 1660. The van der Waals surface area contributed by atoms with Crippen molar-refractivity contribution in [3.05, 3.63) is 88.3 Å². The highest BCUT2D eigenvalue weighted by molar-refractivity contribution is 6.05. The molecule has 3 aromatic carbocycles. The predicted octanol–water partition coefficient (Wildman–Crippen LogP) is 4.28. The maximum atomic E-state index is 13.2. The lowest BCUT2D eigenvalue weighted by molar-refractivity contribution is -0.306. The van der Waals surface area contributed by atoms with Crippen molar-refractivity contribution in [2.24, 2.45) is 0 Å². The Morgan fingerprint density at radius 1 is 0.952 bits per heavy atom. The van der Waals surface area contributed by atoms with Crippen LogP contribution in [0.1, 0.15) is 29.8 Å². The van der Waals surface area contributed by atoms with Crippen LogP contribution in [0.15, 0.2) is 75.9 Å². The van der Waals surface area contributed by atoms with Crippen LogP contribution in [-0.2, 0) is 9.47 Å². The van der Waals surface area contributed by atoms with E-state index in [2.05, 4.69) is 5.32 Å². The van der Waals surface area contributed by atoms with E-state index in [1.165, 1.54) is 13.2 Å². The third-order valence-corrected chi connectivity index (χ3v) is 7.44. The van der Waals surface area contributed by atoms with Gasteiger partial charge in [0.25, 0.3) is 5.91 Å². The maximum absolute atomic E-state index is 13.2. The van der Waals surface area contributed by atoms with E-state index in [0.717, 1.165) is 11.1 Å². The minimum absolute atomic E-state index is 0.0286. The van der Waals surface area contributed by atoms with Gasteiger partial charge in [-0.2, -0.15) is 0 Å². The molecule has 0 saturated carbocycles. The second-order valence-corrected chi connectivity index (χ2v) is 10.6. The number of rotatable bonds is 7. The van der Waals surface area contributed by atoms with Gasteiger partial charge in [0.1, 0.15) is 41.1 Å². The summed E-state index contributed by atoms with van der Waals surface area (Å²) in [7, 11) is 2.99. The van der Waals surface area contributed by atoms with E-state index >= 15 is 0 Å². The Kier molecular flexibility index (Phi) is 8.07. The lowest BCUT2D eigenvalue weighted by Gasteiger charge is -2.46. The first-order chi connectivity index (χ1) is 20.0. The van der Waals surface area contributed by atoms with Crippen LogP contribution < -0.4 is 20.4 Å². The van der Waals surface area contributed by atoms with Crippen LogP contribution in [0.4, 0.5) is 5.69 Å². The molecule has 1 amide bonds. The van der Waals surface area contributed by atoms with Gasteiger partial charge in [-0.25, -0.2) is 4.79 Å². The van der Waals surface area contributed by atoms with Gasteiger partial charge in [0, 0.05) is 29.2 Å². The van der Waals surface area contributed by atoms with Crippen molar-refractivity contribution < 1.29 is 38.4 Å². The number of hydrogen-bond acceptors (Lipinski definition) is 9. The first-order valence-corrected chi connectivity index (χ1v) is 13.4. The number of nitrogens with one attached hydrogen (secondary N) is 1. The molecule has 5 rings (SSSR count). The Hall–Kier alpha value is -4.22. The van der Waals surface area contributed by atoms with Gasteiger partial charge in [-0.1, -0.05) is 30.3 Å². The molecule has 0 spiro atoms. The van der Waals surface area contributed by atoms with Crippen LogP contribution >= 0.6 is 0 Å². The summed E-state index contributed by atoms with van der Waals surface area (Å²) in [6, 6.07) is 19.4. The van der Waals surface area contributed by atoms with Crippen LogP contribution in [0.25, 0.3) is 22.1 Å². The fraction of sp³-hybridized carbons (Fsp3) is 0.312. The van der Waals surface area contributed by atoms with E-state index in [-0.39, 0.29) is 17.0 Å². The average Bonchev–Trinajstić information content (AvgIpc) is 2.98. The van der Waals surface area contributed by atoms with E-state index in [9.17, 15) is 19.8 Å². The summed E-state index contributed by atoms with van der Waals surface area (Å²) in [4.78, 5) is 26.1. The molecule has 220 valence electrons. The Morgan fingerprint density at radius 3 is 2.36 bits per heavy atom. The standard InChI is InChI=1S/C32H33NO9/c1-17-23(40-31-26(35)25(34)28(39-5)32(2,3)42-31)13-11-19-16-22(30(37)41-27(17)19)33-29(36)20-12-14-24(38-4)21(15-20)18-9-7-6-8-10-18/h6-16,25-26,28,31,34-35H,1-5H3,(H,33,36)/t25?,26-,28+,31+/m0/s1. The van der Waals surface area contributed by atoms with Crippen molar-refractivity contribution in [1.29, 1.82) is 0 Å². The van der Waals surface area contributed by atoms with Crippen LogP contribution in [0, 0.1) is 6.92 Å². The van der Waals surface area contributed by atoms with Crippen molar-refractivity contribution in [2.75, 3.05) is 19.5 Å². The number of carbonyl (C=O) groups excluding carboxylic acids is 1. The summed E-state index contributed by atoms with van der Waals surface area (Å²) in [6.07, 6.45) is -4.60. The molecule has 0 radical (unpaired) electrons. The number of anilines is 1. The lowest BCUT2D eigenvalue weighted by atomic mass is 9.89. The number of fused-ring (bicyclic) bond motifs is 1. The number of amides is 1. The molecule has 4 atom stereocenters. The molecule has 1 unspecified atom stereocenters. The van der Waals surface area contributed by atoms with Crippen LogP contribution in [0.3, 0.4) is 0 Å². The number of hydrogen-bond donors (Lipinski definition) is 3. The minimum Gasteiger partial charge on any atom is -0.496 e. The van der Waals surface area contributed by atoms with Crippen molar-refractivity contribution in [1.82, 2.24) is 0 Å². The third-order valence-electron chi connectivity index (χ3n) is 7.44. The molecule has 1 aliphatic rings. The fourth-order valence-electron chi connectivity index (χ4n) is 5.24. The van der Waals surface area contributed by atoms with Gasteiger partial charge < -0.3 is 38.9 Å². The van der Waals surface area contributed by atoms with Gasteiger partial charge in [-0.05, 0) is 62.7 Å². The third kappa shape index (κ3) is 5.49. The zero-order valence-electron chi connectivity index (χ0n) is 23.9. The summed E-state index contributed by atoms with van der Waals surface area (Å²) in [5.41, 5.74) is 0.939. The number of ether oxygens (including phenoxy) is 4. The molecule has 1 fully saturated rings. The topological polar surface area (TPSA) is 137 Å². The summed E-state index contributed by atoms with van der Waals surface area (Å²) >= 11 is 0. The van der Waals surface area contributed by atoms with Gasteiger partial charge in [0.15, 0.2) is 0 Å². The number of aliphatic hydroxyl groups is 2. The Morgan fingerprint density at radius 2 is 1.67 bits per heavy atom. The van der Waals surface area contributed by atoms with Crippen molar-refractivity contribution in [3.63, 3.8) is 0 Å². The van der Waals surface area contributed by atoms with Crippen molar-refractivity contribution in [2.45, 2.75) is 51.0 Å². The second kappa shape index (κ2) is 11.6. The summed E-state index contributed by atoms with van der Waals surface area (Å²) in [5, 5.41) is 24.3. The maximum Gasteiger partial charge on any atom is 0.360 e. The van der Waals surface area contributed by atoms with E-state index in [1.54, 1.807) is 58.2 Å². The van der Waals surface area contributed by atoms with Gasteiger partial charge >= 0.3 is 5.63 Å². The smallest absolute Gasteiger partial charge is 0.360 e. The van der Waals surface area contributed by atoms with Crippen LogP contribution in [-0.4, -0.2) is 60.5 Å². The molecule has 2 heterocycles. The van der Waals surface area contributed by atoms with Gasteiger partial charge in [0.05, 0.1) is 12.7 Å². The highest BCUT2D eigenvalue weighted by Crippen LogP contribution is 2.35. The Labute approximate surface area is 242 Å². The first kappa shape index (κ1) is 29.3. The summed E-state index contributed by atoms with van der Waals surface area (Å²) in [6.45, 7) is 5.14. The molecule has 1 saturated heterocycles. The van der Waals surface area contributed by atoms with E-state index in [1.807, 2.05) is 30.3 Å². The molecule has 42 heavy (non-hydrogen) atoms. The zero-order valence-corrected chi connectivity index (χ0v) is 23.9. The Balaban J connectivity index is 1.40. The fourth-order valence-corrected chi connectivity index (χ4v) is 5.24. The van der Waals surface area contributed by atoms with Crippen LogP contribution in [0.2, 0.25) is 0 Å². The minimum atomic E-state index is -1.39. The molecule has 1 aliphatic heterocycles. The zero-order chi connectivity index (χ0) is 30.2. The average molecular weight is 576 g/mol. The van der Waals surface area contributed by atoms with Crippen molar-refractivity contribution >= 4 is 22.6 Å². The normalized spacial score (nSPS) is 21.6. The van der Waals surface area contributed by atoms with Gasteiger partial charge in [-0.15, -0.1) is 0 Å². The number of carbonyl (C=O) groups is 1. The van der Waals surface area contributed by atoms with E-state index in [0.29, 0.717) is 22.3 Å². The van der Waals surface area contributed by atoms with Gasteiger partial charge in [0.2, 0.25) is 6.29 Å². The van der Waals surface area contributed by atoms with E-state index in [4.69, 9.17) is 23.4 Å². The highest BCUT2D eigenvalue weighted by Gasteiger charge is 2.50. The molecule has 0 bridgehead atoms. The first-order valence-electron chi connectivity index (χ1n) is 13.4. The molecule has 10 heteroatoms. The SMILES string of the molecule is COc1ccc(C(=O)Nc2cc3ccc(O[C@@H]4OC(C)(C)[C@H](OC)C(O)[C@@H]4O)c(C)c3oc2=O)cc1-c1ccccc1. The lowest BCUT2D eigenvalue weighted by Crippen LogP contribution is -2.63. The molecule has 10 nitrogen and oxygen atoms in total. The molecule has 0 aliphatic carbocycles. The molecule has 3 N–H and O–H groups in total. The quantitative estimate of drug-likeness (QED) is 0.276. The van der Waals surface area contributed by atoms with Crippen molar-refractivity contribution in [3.8, 4) is 22.6 Å². The molecular formula is C32H33NO9. The predicted molar refractivity (Wildman–Crippen MR) is 156 cm³/mol. The summed E-state index contributed by atoms with van der Waals surface area (Å²) in [5.74, 6) is 0.411. The largest absolute Gasteiger partial charge is 0.496 e. The number of aryl methyl sites for hydroxylation is 1. The molecule has 1 aromatic heterocycles. The number of aliphatic hydroxyl groups excluding tert-OH is 2. The van der Waals surface area contributed by atoms with E-state index < -0.39 is 41.7 Å². The second-order valence-electron chi connectivity index (χ2n) is 10.6. The monoisotopic (exact) mass is 575 g/mol. The highest BCUT2D eigenvalue weighted by atomic mass is 16.7. The number of methoxy groups -OCH3 is 2. The molecule has 4 aromatic rings. The summed E-state index contributed by atoms with van der Waals surface area (Å²) < 4.78 is 28.2. The number of benzene rings is 3. The molecular weight excluding hydrogens is 542 g/mol.